The van der Waals surface area contributed by atoms with Gasteiger partial charge in [-0.25, -0.2) is 8.42 Å². The molecule has 0 fully saturated rings. The van der Waals surface area contributed by atoms with Gasteiger partial charge in [0.15, 0.2) is 0 Å². The number of sulfone groups is 1. The number of rotatable bonds is 2. The van der Waals surface area contributed by atoms with Gasteiger partial charge in [0.25, 0.3) is 0 Å². The maximum atomic E-state index is 13.2. The summed E-state index contributed by atoms with van der Waals surface area (Å²) < 4.78 is 26.4. The van der Waals surface area contributed by atoms with Crippen molar-refractivity contribution < 1.29 is 18.6 Å². The van der Waals surface area contributed by atoms with E-state index in [9.17, 15) is 18.6 Å². The highest BCUT2D eigenvalue weighted by molar-refractivity contribution is 7.91. The molecule has 0 radical (unpaired) electrons. The second-order valence-electron chi connectivity index (χ2n) is 6.47. The first-order chi connectivity index (χ1) is 10.9. The van der Waals surface area contributed by atoms with Crippen LogP contribution in [0.5, 0.6) is 11.5 Å². The molecule has 0 amide bonds. The summed E-state index contributed by atoms with van der Waals surface area (Å²) in [4.78, 5) is -0.287. The van der Waals surface area contributed by atoms with E-state index in [1.807, 2.05) is 20.8 Å². The Labute approximate surface area is 143 Å². The van der Waals surface area contributed by atoms with Crippen LogP contribution in [0.2, 0.25) is 0 Å². The summed E-state index contributed by atoms with van der Waals surface area (Å²) in [5.74, 6) is -0.501. The van der Waals surface area contributed by atoms with Crippen molar-refractivity contribution in [3.05, 3.63) is 45.0 Å². The summed E-state index contributed by atoms with van der Waals surface area (Å²) in [6, 6.07) is 1.47. The molecule has 0 bridgehead atoms. The van der Waals surface area contributed by atoms with Gasteiger partial charge < -0.3 is 10.2 Å². The maximum absolute atomic E-state index is 13.2. The van der Waals surface area contributed by atoms with E-state index in [1.54, 1.807) is 27.7 Å². The molecule has 0 unspecified atom stereocenters. The van der Waals surface area contributed by atoms with Crippen molar-refractivity contribution in [2.75, 3.05) is 0 Å². The molecule has 0 heterocycles. The Kier molecular flexibility index (Phi) is 4.44. The van der Waals surface area contributed by atoms with E-state index >= 15 is 0 Å². The molecule has 2 rings (SSSR count). The van der Waals surface area contributed by atoms with Crippen LogP contribution in [0, 0.1) is 48.5 Å². The van der Waals surface area contributed by atoms with Crippen molar-refractivity contribution in [2.45, 2.75) is 58.3 Å². The second kappa shape index (κ2) is 5.81. The molecule has 0 spiro atoms. The molecular formula is C19H24O4S. The third-order valence-corrected chi connectivity index (χ3v) is 7.17. The molecule has 2 aromatic rings. The standard InChI is InChI=1S/C19H24O4S/c1-9-8-16(17(20)13(5)10(9)2)24(22,23)19-15(7)12(4)11(3)14(6)18(19)21/h8,20-21H,1-7H3. The van der Waals surface area contributed by atoms with Crippen molar-refractivity contribution in [3.63, 3.8) is 0 Å². The van der Waals surface area contributed by atoms with Gasteiger partial charge in [-0.3, -0.25) is 0 Å². The molecular weight excluding hydrogens is 324 g/mol. The minimum absolute atomic E-state index is 0.124. The van der Waals surface area contributed by atoms with Crippen LogP contribution in [0.3, 0.4) is 0 Å². The molecule has 0 aliphatic rings. The molecule has 0 aliphatic heterocycles. The predicted molar refractivity (Wildman–Crippen MR) is 94.8 cm³/mol. The Bertz CT molecular complexity index is 925. The normalized spacial score (nSPS) is 11.8. The molecule has 0 aliphatic carbocycles. The molecule has 4 nitrogen and oxygen atoms in total. The van der Waals surface area contributed by atoms with Gasteiger partial charge in [0, 0.05) is 0 Å². The van der Waals surface area contributed by atoms with Crippen molar-refractivity contribution in [1.82, 2.24) is 0 Å². The molecule has 24 heavy (non-hydrogen) atoms. The summed E-state index contributed by atoms with van der Waals surface area (Å²) in [5, 5.41) is 20.9. The quantitative estimate of drug-likeness (QED) is 0.857. The minimum Gasteiger partial charge on any atom is -0.506 e. The summed E-state index contributed by atoms with van der Waals surface area (Å²) >= 11 is 0. The van der Waals surface area contributed by atoms with Crippen LogP contribution in [0.15, 0.2) is 15.9 Å². The van der Waals surface area contributed by atoms with Gasteiger partial charge in [0.1, 0.15) is 21.3 Å². The molecule has 5 heteroatoms. The fourth-order valence-corrected chi connectivity index (χ4v) is 4.86. The van der Waals surface area contributed by atoms with Crippen molar-refractivity contribution >= 4 is 9.84 Å². The smallest absolute Gasteiger partial charge is 0.214 e. The predicted octanol–water partition coefficient (Wildman–Crippen LogP) is 4.09. The molecule has 130 valence electrons. The van der Waals surface area contributed by atoms with E-state index in [4.69, 9.17) is 0 Å². The van der Waals surface area contributed by atoms with Gasteiger partial charge in [-0.2, -0.15) is 0 Å². The summed E-state index contributed by atoms with van der Waals surface area (Å²) in [7, 11) is -4.05. The van der Waals surface area contributed by atoms with Gasteiger partial charge in [-0.1, -0.05) is 0 Å². The fraction of sp³-hybridized carbons (Fsp3) is 0.368. The first kappa shape index (κ1) is 18.3. The van der Waals surface area contributed by atoms with E-state index in [2.05, 4.69) is 0 Å². The lowest BCUT2D eigenvalue weighted by atomic mass is 9.98. The lowest BCUT2D eigenvalue weighted by Gasteiger charge is -2.19. The van der Waals surface area contributed by atoms with Crippen LogP contribution >= 0.6 is 0 Å². The number of aryl methyl sites for hydroxylation is 1. The highest BCUT2D eigenvalue weighted by Crippen LogP contribution is 2.41. The fourth-order valence-electron chi connectivity index (χ4n) is 2.93. The highest BCUT2D eigenvalue weighted by Gasteiger charge is 2.30. The van der Waals surface area contributed by atoms with Crippen LogP contribution in [0.25, 0.3) is 0 Å². The van der Waals surface area contributed by atoms with Crippen LogP contribution in [-0.4, -0.2) is 18.6 Å². The topological polar surface area (TPSA) is 74.6 Å². The summed E-state index contributed by atoms with van der Waals surface area (Å²) in [6.45, 7) is 12.4. The van der Waals surface area contributed by atoms with Gasteiger partial charge in [-0.15, -0.1) is 0 Å². The van der Waals surface area contributed by atoms with Crippen LogP contribution in [0.1, 0.15) is 38.9 Å². The van der Waals surface area contributed by atoms with Gasteiger partial charge >= 0.3 is 0 Å². The SMILES string of the molecule is Cc1cc(S(=O)(=O)c2c(C)c(C)c(C)c(C)c2O)c(O)c(C)c1C. The number of phenolic OH excluding ortho intramolecular Hbond substituents is 2. The molecule has 0 saturated heterocycles. The maximum Gasteiger partial charge on any atom is 0.214 e. The number of phenols is 2. The van der Waals surface area contributed by atoms with Crippen LogP contribution < -0.4 is 0 Å². The third kappa shape index (κ3) is 2.47. The van der Waals surface area contributed by atoms with Gasteiger partial charge in [0.05, 0.1) is 0 Å². The Hall–Kier alpha value is -2.01. The van der Waals surface area contributed by atoms with E-state index in [-0.39, 0.29) is 21.3 Å². The second-order valence-corrected chi connectivity index (χ2v) is 8.33. The van der Waals surface area contributed by atoms with E-state index in [1.165, 1.54) is 6.07 Å². The highest BCUT2D eigenvalue weighted by atomic mass is 32.2. The first-order valence-electron chi connectivity index (χ1n) is 7.77. The Morgan fingerprint density at radius 2 is 1.12 bits per heavy atom. The molecule has 2 aromatic carbocycles. The zero-order valence-corrected chi connectivity index (χ0v) is 16.0. The third-order valence-electron chi connectivity index (χ3n) is 5.25. The Balaban J connectivity index is 2.94. The van der Waals surface area contributed by atoms with Crippen LogP contribution in [0.4, 0.5) is 0 Å². The number of hydrogen-bond donors (Lipinski definition) is 2. The average Bonchev–Trinajstić information content (AvgIpc) is 2.52. The lowest BCUT2D eigenvalue weighted by Crippen LogP contribution is -2.09. The van der Waals surface area contributed by atoms with Crippen molar-refractivity contribution in [1.29, 1.82) is 0 Å². The zero-order valence-electron chi connectivity index (χ0n) is 15.2. The number of aromatic hydroxyl groups is 2. The van der Waals surface area contributed by atoms with Crippen molar-refractivity contribution in [2.24, 2.45) is 0 Å². The van der Waals surface area contributed by atoms with Crippen molar-refractivity contribution in [3.8, 4) is 11.5 Å². The van der Waals surface area contributed by atoms with E-state index in [0.717, 1.165) is 22.3 Å². The summed E-state index contributed by atoms with van der Waals surface area (Å²) in [5.41, 5.74) is 4.90. The minimum atomic E-state index is -4.05. The van der Waals surface area contributed by atoms with E-state index in [0.29, 0.717) is 16.7 Å². The van der Waals surface area contributed by atoms with E-state index < -0.39 is 9.84 Å². The Morgan fingerprint density at radius 1 is 0.667 bits per heavy atom. The van der Waals surface area contributed by atoms with Crippen LogP contribution in [-0.2, 0) is 9.84 Å². The molecule has 0 saturated carbocycles. The first-order valence-corrected chi connectivity index (χ1v) is 9.25. The molecule has 0 atom stereocenters. The van der Waals surface area contributed by atoms with Gasteiger partial charge in [0.2, 0.25) is 9.84 Å². The molecule has 0 aromatic heterocycles. The Morgan fingerprint density at radius 3 is 1.67 bits per heavy atom. The largest absolute Gasteiger partial charge is 0.506 e. The monoisotopic (exact) mass is 348 g/mol. The lowest BCUT2D eigenvalue weighted by molar-refractivity contribution is 0.447. The number of benzene rings is 2. The molecule has 2 N–H and O–H groups in total. The van der Waals surface area contributed by atoms with Gasteiger partial charge in [-0.05, 0) is 93.5 Å². The zero-order chi connectivity index (χ0) is 18.6. The average molecular weight is 348 g/mol. The number of hydrogen-bond acceptors (Lipinski definition) is 4. The summed E-state index contributed by atoms with van der Waals surface area (Å²) in [6.07, 6.45) is 0.